The van der Waals surface area contributed by atoms with Crippen LogP contribution in [0.2, 0.25) is 5.02 Å². The van der Waals surface area contributed by atoms with Crippen molar-refractivity contribution in [2.75, 3.05) is 13.2 Å². The molecule has 132 valence electrons. The van der Waals surface area contributed by atoms with Crippen LogP contribution in [0.3, 0.4) is 0 Å². The SMILES string of the molecule is O=C(OCCN1C(=O)c2ccccc2C1=O)c1ccc(Cl)c([N+](=O)[O-])c1. The number of fused-ring (bicyclic) bond motifs is 1. The van der Waals surface area contributed by atoms with E-state index in [0.717, 1.165) is 11.0 Å². The number of carbonyl (C=O) groups excluding carboxylic acids is 3. The minimum absolute atomic E-state index is 0.0524. The summed E-state index contributed by atoms with van der Waals surface area (Å²) in [6.07, 6.45) is 0. The van der Waals surface area contributed by atoms with Crippen LogP contribution in [0.5, 0.6) is 0 Å². The van der Waals surface area contributed by atoms with Crippen molar-refractivity contribution in [3.8, 4) is 0 Å². The van der Waals surface area contributed by atoms with Crippen molar-refractivity contribution >= 4 is 35.1 Å². The van der Waals surface area contributed by atoms with Crippen molar-refractivity contribution in [1.82, 2.24) is 4.90 Å². The highest BCUT2D eigenvalue weighted by atomic mass is 35.5. The fourth-order valence-corrected chi connectivity index (χ4v) is 2.72. The molecule has 0 saturated heterocycles. The lowest BCUT2D eigenvalue weighted by atomic mass is 10.1. The first kappa shape index (κ1) is 17.6. The van der Waals surface area contributed by atoms with Gasteiger partial charge in [0.2, 0.25) is 0 Å². The number of benzene rings is 2. The van der Waals surface area contributed by atoms with Gasteiger partial charge in [-0.05, 0) is 24.3 Å². The van der Waals surface area contributed by atoms with Gasteiger partial charge in [-0.15, -0.1) is 0 Å². The van der Waals surface area contributed by atoms with E-state index in [0.29, 0.717) is 11.1 Å². The third kappa shape index (κ3) is 3.14. The first-order valence-corrected chi connectivity index (χ1v) is 7.84. The molecule has 8 nitrogen and oxygen atoms in total. The van der Waals surface area contributed by atoms with Crippen molar-refractivity contribution < 1.29 is 24.0 Å². The summed E-state index contributed by atoms with van der Waals surface area (Å²) in [5.41, 5.74) is 0.138. The van der Waals surface area contributed by atoms with E-state index in [1.807, 2.05) is 0 Å². The molecule has 0 bridgehead atoms. The molecule has 1 aliphatic rings. The van der Waals surface area contributed by atoms with Crippen LogP contribution in [0, 0.1) is 10.1 Å². The topological polar surface area (TPSA) is 107 Å². The van der Waals surface area contributed by atoms with Crippen LogP contribution in [0.25, 0.3) is 0 Å². The molecule has 0 fully saturated rings. The fraction of sp³-hybridized carbons (Fsp3) is 0.118. The molecule has 1 heterocycles. The molecule has 0 aromatic heterocycles. The molecule has 26 heavy (non-hydrogen) atoms. The van der Waals surface area contributed by atoms with Crippen LogP contribution in [-0.4, -0.2) is 40.8 Å². The van der Waals surface area contributed by atoms with Gasteiger partial charge in [-0.1, -0.05) is 23.7 Å². The van der Waals surface area contributed by atoms with Crippen molar-refractivity contribution in [2.45, 2.75) is 0 Å². The number of nitro groups is 1. The maximum atomic E-state index is 12.2. The predicted octanol–water partition coefficient (Wildman–Crippen LogP) is 2.70. The highest BCUT2D eigenvalue weighted by Crippen LogP contribution is 2.25. The highest BCUT2D eigenvalue weighted by Gasteiger charge is 2.34. The van der Waals surface area contributed by atoms with Crippen LogP contribution < -0.4 is 0 Å². The number of halogens is 1. The largest absolute Gasteiger partial charge is 0.460 e. The number of imide groups is 1. The molecular formula is C17H11ClN2O6. The maximum Gasteiger partial charge on any atom is 0.338 e. The van der Waals surface area contributed by atoms with Crippen LogP contribution in [0.15, 0.2) is 42.5 Å². The summed E-state index contributed by atoms with van der Waals surface area (Å²) in [5, 5.41) is 10.8. The second-order valence-electron chi connectivity index (χ2n) is 5.37. The van der Waals surface area contributed by atoms with Gasteiger partial charge in [0.1, 0.15) is 11.6 Å². The molecule has 9 heteroatoms. The Morgan fingerprint density at radius 2 is 1.73 bits per heavy atom. The number of amides is 2. The Morgan fingerprint density at radius 3 is 2.31 bits per heavy atom. The van der Waals surface area contributed by atoms with E-state index in [1.165, 1.54) is 12.1 Å². The molecule has 0 spiro atoms. The maximum absolute atomic E-state index is 12.2. The fourth-order valence-electron chi connectivity index (χ4n) is 2.53. The van der Waals surface area contributed by atoms with Crippen LogP contribution in [0.1, 0.15) is 31.1 Å². The summed E-state index contributed by atoms with van der Waals surface area (Å²) in [4.78, 5) is 47.5. The van der Waals surface area contributed by atoms with Crippen LogP contribution in [-0.2, 0) is 4.74 Å². The highest BCUT2D eigenvalue weighted by molar-refractivity contribution is 6.32. The van der Waals surface area contributed by atoms with Gasteiger partial charge in [0.25, 0.3) is 17.5 Å². The van der Waals surface area contributed by atoms with Crippen LogP contribution in [0.4, 0.5) is 5.69 Å². The predicted molar refractivity (Wildman–Crippen MR) is 90.2 cm³/mol. The average Bonchev–Trinajstić information content (AvgIpc) is 2.87. The minimum Gasteiger partial charge on any atom is -0.460 e. The van der Waals surface area contributed by atoms with Crippen LogP contribution >= 0.6 is 11.6 Å². The Hall–Kier alpha value is -3.26. The second-order valence-corrected chi connectivity index (χ2v) is 5.77. The Labute approximate surface area is 152 Å². The first-order valence-electron chi connectivity index (χ1n) is 7.46. The summed E-state index contributed by atoms with van der Waals surface area (Å²) in [7, 11) is 0. The van der Waals surface area contributed by atoms with E-state index in [4.69, 9.17) is 16.3 Å². The molecule has 0 aliphatic carbocycles. The summed E-state index contributed by atoms with van der Waals surface area (Å²) < 4.78 is 5.01. The van der Waals surface area contributed by atoms with E-state index in [-0.39, 0.29) is 23.7 Å². The van der Waals surface area contributed by atoms with E-state index in [2.05, 4.69) is 0 Å². The molecule has 0 atom stereocenters. The molecule has 2 amide bonds. The Kier molecular flexibility index (Phi) is 4.68. The molecule has 0 radical (unpaired) electrons. The quantitative estimate of drug-likeness (QED) is 0.344. The second kappa shape index (κ2) is 6.93. The minimum atomic E-state index is -0.818. The van der Waals surface area contributed by atoms with Crippen molar-refractivity contribution in [3.63, 3.8) is 0 Å². The lowest BCUT2D eigenvalue weighted by Crippen LogP contribution is -2.33. The Balaban J connectivity index is 1.63. The summed E-state index contributed by atoms with van der Waals surface area (Å²) in [5.74, 6) is -1.73. The molecule has 2 aromatic carbocycles. The third-order valence-corrected chi connectivity index (χ3v) is 4.12. The lowest BCUT2D eigenvalue weighted by Gasteiger charge is -2.13. The van der Waals surface area contributed by atoms with Gasteiger partial charge < -0.3 is 4.74 Å². The van der Waals surface area contributed by atoms with Gasteiger partial charge in [0, 0.05) is 6.07 Å². The smallest absolute Gasteiger partial charge is 0.338 e. The van der Waals surface area contributed by atoms with Crippen molar-refractivity contribution in [2.24, 2.45) is 0 Å². The molecular weight excluding hydrogens is 364 g/mol. The lowest BCUT2D eigenvalue weighted by molar-refractivity contribution is -0.384. The van der Waals surface area contributed by atoms with Gasteiger partial charge in [-0.2, -0.15) is 0 Å². The molecule has 0 unspecified atom stereocenters. The standard InChI is InChI=1S/C17H11ClN2O6/c18-13-6-5-10(9-14(13)20(24)25)17(23)26-8-7-19-15(21)11-3-1-2-4-12(11)16(19)22/h1-6,9H,7-8H2. The normalized spacial score (nSPS) is 12.9. The number of esters is 1. The number of hydrogen-bond donors (Lipinski definition) is 0. The van der Waals surface area contributed by atoms with E-state index in [9.17, 15) is 24.5 Å². The summed E-state index contributed by atoms with van der Waals surface area (Å²) in [6.45, 7) is -0.353. The monoisotopic (exact) mass is 374 g/mol. The van der Waals surface area contributed by atoms with Gasteiger partial charge in [0.05, 0.1) is 28.2 Å². The summed E-state index contributed by atoms with van der Waals surface area (Å²) >= 11 is 5.69. The zero-order valence-corrected chi connectivity index (χ0v) is 13.9. The van der Waals surface area contributed by atoms with E-state index < -0.39 is 28.4 Å². The van der Waals surface area contributed by atoms with E-state index >= 15 is 0 Å². The van der Waals surface area contributed by atoms with Crippen molar-refractivity contribution in [1.29, 1.82) is 0 Å². The summed E-state index contributed by atoms with van der Waals surface area (Å²) in [6, 6.07) is 9.93. The van der Waals surface area contributed by atoms with Crippen molar-refractivity contribution in [3.05, 3.63) is 74.3 Å². The number of carbonyl (C=O) groups is 3. The Bertz CT molecular complexity index is 908. The number of ether oxygens (including phenoxy) is 1. The van der Waals surface area contributed by atoms with Gasteiger partial charge in [0.15, 0.2) is 0 Å². The number of nitro benzene ring substituents is 1. The zero-order chi connectivity index (χ0) is 18.8. The van der Waals surface area contributed by atoms with Gasteiger partial charge in [-0.25, -0.2) is 4.79 Å². The third-order valence-electron chi connectivity index (χ3n) is 3.80. The van der Waals surface area contributed by atoms with Gasteiger partial charge >= 0.3 is 5.97 Å². The molecule has 0 saturated carbocycles. The zero-order valence-electron chi connectivity index (χ0n) is 13.2. The number of hydrogen-bond acceptors (Lipinski definition) is 6. The average molecular weight is 375 g/mol. The molecule has 1 aliphatic heterocycles. The molecule has 2 aromatic rings. The number of rotatable bonds is 5. The molecule has 3 rings (SSSR count). The van der Waals surface area contributed by atoms with Gasteiger partial charge in [-0.3, -0.25) is 24.6 Å². The Morgan fingerprint density at radius 1 is 1.12 bits per heavy atom. The first-order chi connectivity index (χ1) is 12.4. The van der Waals surface area contributed by atoms with E-state index in [1.54, 1.807) is 24.3 Å². The number of nitrogens with zero attached hydrogens (tertiary/aromatic N) is 2. The molecule has 0 N–H and O–H groups in total.